The molecule has 1 aromatic heterocycles. The smallest absolute Gasteiger partial charge is 0.133 e. The third-order valence-electron chi connectivity index (χ3n) is 2.75. The van der Waals surface area contributed by atoms with Gasteiger partial charge in [0.25, 0.3) is 0 Å². The highest BCUT2D eigenvalue weighted by Crippen LogP contribution is 2.16. The van der Waals surface area contributed by atoms with Crippen molar-refractivity contribution in [2.75, 3.05) is 39.3 Å². The van der Waals surface area contributed by atoms with Gasteiger partial charge in [-0.3, -0.25) is 0 Å². The second-order valence-electron chi connectivity index (χ2n) is 4.01. The summed E-state index contributed by atoms with van der Waals surface area (Å²) in [6, 6.07) is 0. The van der Waals surface area contributed by atoms with Crippen LogP contribution < -0.4 is 5.32 Å². The van der Waals surface area contributed by atoms with Crippen molar-refractivity contribution in [2.24, 2.45) is 0 Å². The lowest BCUT2D eigenvalue weighted by molar-refractivity contribution is 0.0716. The van der Waals surface area contributed by atoms with Crippen molar-refractivity contribution in [3.8, 4) is 0 Å². The van der Waals surface area contributed by atoms with E-state index in [-0.39, 0.29) is 0 Å². The van der Waals surface area contributed by atoms with Crippen molar-refractivity contribution < 1.29 is 9.47 Å². The van der Waals surface area contributed by atoms with Crippen molar-refractivity contribution in [3.05, 3.63) is 17.1 Å². The lowest BCUT2D eigenvalue weighted by Crippen LogP contribution is -2.10. The zero-order valence-electron chi connectivity index (χ0n) is 11.7. The molecule has 102 valence electrons. The van der Waals surface area contributed by atoms with E-state index in [2.05, 4.69) is 22.2 Å². The van der Waals surface area contributed by atoms with E-state index in [1.165, 1.54) is 5.56 Å². The second-order valence-corrected chi connectivity index (χ2v) is 4.01. The molecule has 0 saturated heterocycles. The van der Waals surface area contributed by atoms with Gasteiger partial charge < -0.3 is 14.8 Å². The van der Waals surface area contributed by atoms with E-state index < -0.39 is 0 Å². The Labute approximate surface area is 109 Å². The molecule has 0 amide bonds. The monoisotopic (exact) mass is 253 g/mol. The SMILES string of the molecule is CCc1c(C)nc(CCOCCOC)nc1NC. The summed E-state index contributed by atoms with van der Waals surface area (Å²) in [4.78, 5) is 9.02. The zero-order valence-corrected chi connectivity index (χ0v) is 11.7. The molecule has 0 atom stereocenters. The van der Waals surface area contributed by atoms with Crippen molar-refractivity contribution >= 4 is 5.82 Å². The predicted molar refractivity (Wildman–Crippen MR) is 72.1 cm³/mol. The predicted octanol–water partition coefficient (Wildman–Crippen LogP) is 1.59. The van der Waals surface area contributed by atoms with E-state index in [9.17, 15) is 0 Å². The van der Waals surface area contributed by atoms with Crippen molar-refractivity contribution in [1.29, 1.82) is 0 Å². The molecule has 18 heavy (non-hydrogen) atoms. The Kier molecular flexibility index (Phi) is 6.60. The minimum Gasteiger partial charge on any atom is -0.382 e. The van der Waals surface area contributed by atoms with Gasteiger partial charge in [0.15, 0.2) is 0 Å². The Hall–Kier alpha value is -1.20. The van der Waals surface area contributed by atoms with Gasteiger partial charge in [-0.15, -0.1) is 0 Å². The quantitative estimate of drug-likeness (QED) is 0.713. The molecule has 0 unspecified atom stereocenters. The van der Waals surface area contributed by atoms with E-state index in [0.29, 0.717) is 19.8 Å². The Morgan fingerprint density at radius 3 is 2.56 bits per heavy atom. The van der Waals surface area contributed by atoms with Crippen LogP contribution in [0.1, 0.15) is 24.0 Å². The van der Waals surface area contributed by atoms with Crippen molar-refractivity contribution in [2.45, 2.75) is 26.7 Å². The fourth-order valence-electron chi connectivity index (χ4n) is 1.80. The van der Waals surface area contributed by atoms with Crippen LogP contribution in [0.3, 0.4) is 0 Å². The van der Waals surface area contributed by atoms with Gasteiger partial charge in [-0.25, -0.2) is 9.97 Å². The number of aromatic nitrogens is 2. The summed E-state index contributed by atoms with van der Waals surface area (Å²) in [7, 11) is 3.55. The molecule has 0 fully saturated rings. The molecule has 5 nitrogen and oxygen atoms in total. The van der Waals surface area contributed by atoms with E-state index in [1.807, 2.05) is 14.0 Å². The molecule has 0 aliphatic carbocycles. The van der Waals surface area contributed by atoms with Crippen LogP contribution in [0.25, 0.3) is 0 Å². The second kappa shape index (κ2) is 8.00. The fraction of sp³-hybridized carbons (Fsp3) is 0.692. The topological polar surface area (TPSA) is 56.3 Å². The lowest BCUT2D eigenvalue weighted by atomic mass is 10.1. The van der Waals surface area contributed by atoms with Gasteiger partial charge in [0, 0.05) is 31.8 Å². The summed E-state index contributed by atoms with van der Waals surface area (Å²) >= 11 is 0. The summed E-state index contributed by atoms with van der Waals surface area (Å²) in [5.74, 6) is 1.75. The molecule has 0 radical (unpaired) electrons. The lowest BCUT2D eigenvalue weighted by Gasteiger charge is -2.11. The van der Waals surface area contributed by atoms with Crippen LogP contribution in [0.15, 0.2) is 0 Å². The highest BCUT2D eigenvalue weighted by atomic mass is 16.5. The van der Waals surface area contributed by atoms with Crippen LogP contribution >= 0.6 is 0 Å². The molecule has 1 N–H and O–H groups in total. The first-order valence-corrected chi connectivity index (χ1v) is 6.33. The van der Waals surface area contributed by atoms with Gasteiger partial charge in [0.05, 0.1) is 19.8 Å². The fourth-order valence-corrected chi connectivity index (χ4v) is 1.80. The third-order valence-corrected chi connectivity index (χ3v) is 2.75. The number of rotatable bonds is 8. The summed E-state index contributed by atoms with van der Waals surface area (Å²) in [5, 5.41) is 3.13. The molecule has 1 aromatic rings. The maximum atomic E-state index is 5.42. The van der Waals surface area contributed by atoms with Crippen LogP contribution in [0.4, 0.5) is 5.82 Å². The van der Waals surface area contributed by atoms with Gasteiger partial charge in [-0.05, 0) is 13.3 Å². The minimum atomic E-state index is 0.613. The van der Waals surface area contributed by atoms with Crippen molar-refractivity contribution in [3.63, 3.8) is 0 Å². The number of anilines is 1. The van der Waals surface area contributed by atoms with Crippen LogP contribution in [0.5, 0.6) is 0 Å². The zero-order chi connectivity index (χ0) is 13.4. The molecule has 0 spiro atoms. The first-order valence-electron chi connectivity index (χ1n) is 6.33. The number of hydrogen-bond acceptors (Lipinski definition) is 5. The highest BCUT2D eigenvalue weighted by Gasteiger charge is 2.08. The number of nitrogens with zero attached hydrogens (tertiary/aromatic N) is 2. The van der Waals surface area contributed by atoms with E-state index in [0.717, 1.165) is 30.2 Å². The number of aryl methyl sites for hydroxylation is 1. The Morgan fingerprint density at radius 2 is 1.94 bits per heavy atom. The van der Waals surface area contributed by atoms with Crippen LogP contribution in [0.2, 0.25) is 0 Å². The summed E-state index contributed by atoms with van der Waals surface area (Å²) < 4.78 is 10.3. The highest BCUT2D eigenvalue weighted by molar-refractivity contribution is 5.45. The molecule has 0 aromatic carbocycles. The van der Waals surface area contributed by atoms with E-state index in [4.69, 9.17) is 9.47 Å². The van der Waals surface area contributed by atoms with E-state index >= 15 is 0 Å². The number of methoxy groups -OCH3 is 1. The third kappa shape index (κ3) is 4.23. The average Bonchev–Trinajstić information content (AvgIpc) is 2.37. The Bertz CT molecular complexity index is 369. The molecule has 1 heterocycles. The first kappa shape index (κ1) is 14.9. The minimum absolute atomic E-state index is 0.613. The Balaban J connectivity index is 2.58. The van der Waals surface area contributed by atoms with Crippen LogP contribution in [0, 0.1) is 6.92 Å². The van der Waals surface area contributed by atoms with Gasteiger partial charge in [-0.2, -0.15) is 0 Å². The van der Waals surface area contributed by atoms with Gasteiger partial charge >= 0.3 is 0 Å². The molecule has 0 saturated carbocycles. The molecule has 1 rings (SSSR count). The number of nitrogens with one attached hydrogen (secondary N) is 1. The number of ether oxygens (including phenoxy) is 2. The normalized spacial score (nSPS) is 10.7. The van der Waals surface area contributed by atoms with Gasteiger partial charge in [0.1, 0.15) is 11.6 Å². The summed E-state index contributed by atoms with van der Waals surface area (Å²) in [6.07, 6.45) is 1.66. The van der Waals surface area contributed by atoms with E-state index in [1.54, 1.807) is 7.11 Å². The van der Waals surface area contributed by atoms with Gasteiger partial charge in [-0.1, -0.05) is 6.92 Å². The summed E-state index contributed by atoms with van der Waals surface area (Å²) in [6.45, 7) is 5.99. The Morgan fingerprint density at radius 1 is 1.17 bits per heavy atom. The molecular formula is C13H23N3O2. The van der Waals surface area contributed by atoms with Crippen molar-refractivity contribution in [1.82, 2.24) is 9.97 Å². The molecule has 0 aliphatic rings. The molecule has 5 heteroatoms. The molecular weight excluding hydrogens is 230 g/mol. The summed E-state index contributed by atoms with van der Waals surface area (Å²) in [5.41, 5.74) is 2.23. The van der Waals surface area contributed by atoms with Crippen LogP contribution in [-0.4, -0.2) is 43.9 Å². The first-order chi connectivity index (χ1) is 8.72. The molecule has 0 bridgehead atoms. The average molecular weight is 253 g/mol. The standard InChI is InChI=1S/C13H23N3O2/c1-5-11-10(2)15-12(16-13(11)14-3)6-7-18-9-8-17-4/h5-9H2,1-4H3,(H,14,15,16). The largest absolute Gasteiger partial charge is 0.382 e. The maximum absolute atomic E-state index is 5.42. The maximum Gasteiger partial charge on any atom is 0.133 e. The molecule has 0 aliphatic heterocycles. The number of hydrogen-bond donors (Lipinski definition) is 1. The van der Waals surface area contributed by atoms with Gasteiger partial charge in [0.2, 0.25) is 0 Å². The van der Waals surface area contributed by atoms with Crippen LogP contribution in [-0.2, 0) is 22.3 Å².